The van der Waals surface area contributed by atoms with Crippen LogP contribution < -0.4 is 5.32 Å². The van der Waals surface area contributed by atoms with E-state index in [1.165, 1.54) is 57.8 Å². The minimum atomic E-state index is 0.136. The maximum atomic E-state index is 11.5. The van der Waals surface area contributed by atoms with E-state index < -0.39 is 0 Å². The van der Waals surface area contributed by atoms with Gasteiger partial charge >= 0.3 is 0 Å². The molecule has 0 aromatic heterocycles. The molecular weight excluding hydrogens is 262 g/mol. The Bertz CT molecular complexity index is 241. The lowest BCUT2D eigenvalue weighted by molar-refractivity contribution is -0.121. The molecule has 0 aliphatic rings. The van der Waals surface area contributed by atoms with Gasteiger partial charge in [-0.3, -0.25) is 4.79 Å². The highest BCUT2D eigenvalue weighted by molar-refractivity contribution is 5.75. The quantitative estimate of drug-likeness (QED) is 0.329. The van der Waals surface area contributed by atoms with Crippen molar-refractivity contribution in [3.05, 3.63) is 0 Å². The summed E-state index contributed by atoms with van der Waals surface area (Å²) in [6.45, 7) is 2.89. The Morgan fingerprint density at radius 1 is 0.810 bits per heavy atom. The Morgan fingerprint density at radius 2 is 1.33 bits per heavy atom. The van der Waals surface area contributed by atoms with E-state index in [2.05, 4.69) is 12.2 Å². The zero-order chi connectivity index (χ0) is 15.6. The number of carbonyl (C=O) groups is 2. The maximum absolute atomic E-state index is 11.5. The average Bonchev–Trinajstić information content (AvgIpc) is 2.49. The van der Waals surface area contributed by atoms with E-state index in [9.17, 15) is 9.59 Å². The Morgan fingerprint density at radius 3 is 1.86 bits per heavy atom. The van der Waals surface area contributed by atoms with E-state index in [1.54, 1.807) is 0 Å². The molecule has 0 fully saturated rings. The SMILES string of the molecule is CCCCCCCCCCCCCC(=O)NCCCC=O. The standard InChI is InChI=1S/C18H35NO2/c1-2-3-4-5-6-7-8-9-10-11-12-15-18(21)19-16-13-14-17-20/h17H,2-16H2,1H3,(H,19,21). The number of hydrogen-bond donors (Lipinski definition) is 1. The molecule has 0 saturated heterocycles. The summed E-state index contributed by atoms with van der Waals surface area (Å²) in [6, 6.07) is 0. The fourth-order valence-corrected chi connectivity index (χ4v) is 2.45. The van der Waals surface area contributed by atoms with Crippen LogP contribution in [-0.4, -0.2) is 18.7 Å². The molecule has 21 heavy (non-hydrogen) atoms. The molecule has 1 N–H and O–H groups in total. The molecule has 0 bridgehead atoms. The second-order valence-corrected chi connectivity index (χ2v) is 5.94. The third-order valence-corrected chi connectivity index (χ3v) is 3.83. The van der Waals surface area contributed by atoms with Gasteiger partial charge in [-0.25, -0.2) is 0 Å². The first-order valence-electron chi connectivity index (χ1n) is 9.01. The lowest BCUT2D eigenvalue weighted by Crippen LogP contribution is -2.24. The van der Waals surface area contributed by atoms with Gasteiger partial charge in [0.25, 0.3) is 0 Å². The van der Waals surface area contributed by atoms with E-state index in [0.29, 0.717) is 19.4 Å². The average molecular weight is 297 g/mol. The molecule has 0 atom stereocenters. The van der Waals surface area contributed by atoms with Crippen molar-refractivity contribution < 1.29 is 9.59 Å². The van der Waals surface area contributed by atoms with E-state index >= 15 is 0 Å². The number of aldehydes is 1. The summed E-state index contributed by atoms with van der Waals surface area (Å²) in [5, 5.41) is 2.86. The molecule has 0 heterocycles. The first-order valence-corrected chi connectivity index (χ1v) is 9.01. The van der Waals surface area contributed by atoms with Gasteiger partial charge in [0.1, 0.15) is 6.29 Å². The third kappa shape index (κ3) is 17.1. The summed E-state index contributed by atoms with van der Waals surface area (Å²) in [5.41, 5.74) is 0. The van der Waals surface area contributed by atoms with E-state index in [1.807, 2.05) is 0 Å². The molecule has 0 saturated carbocycles. The Labute approximate surface area is 131 Å². The van der Waals surface area contributed by atoms with Crippen molar-refractivity contribution in [2.45, 2.75) is 96.8 Å². The number of nitrogens with one attached hydrogen (secondary N) is 1. The lowest BCUT2D eigenvalue weighted by atomic mass is 10.1. The Balaban J connectivity index is 3.10. The predicted octanol–water partition coefficient (Wildman–Crippen LogP) is 4.78. The Hall–Kier alpha value is -0.860. The second-order valence-electron chi connectivity index (χ2n) is 5.94. The van der Waals surface area contributed by atoms with Gasteiger partial charge in [0.05, 0.1) is 0 Å². The van der Waals surface area contributed by atoms with Crippen LogP contribution in [0, 0.1) is 0 Å². The summed E-state index contributed by atoms with van der Waals surface area (Å²) in [5.74, 6) is 0.136. The molecule has 0 rings (SSSR count). The molecule has 3 nitrogen and oxygen atoms in total. The molecule has 3 heteroatoms. The molecule has 0 radical (unpaired) electrons. The van der Waals surface area contributed by atoms with Gasteiger partial charge < -0.3 is 10.1 Å². The fourth-order valence-electron chi connectivity index (χ4n) is 2.45. The number of rotatable bonds is 16. The first-order chi connectivity index (χ1) is 10.3. The zero-order valence-electron chi connectivity index (χ0n) is 14.0. The van der Waals surface area contributed by atoms with Crippen LogP contribution in [0.2, 0.25) is 0 Å². The maximum Gasteiger partial charge on any atom is 0.219 e. The molecular formula is C18H35NO2. The zero-order valence-corrected chi connectivity index (χ0v) is 14.0. The van der Waals surface area contributed by atoms with Gasteiger partial charge in [0, 0.05) is 19.4 Å². The largest absolute Gasteiger partial charge is 0.356 e. The molecule has 1 amide bonds. The molecule has 0 aromatic carbocycles. The number of unbranched alkanes of at least 4 members (excludes halogenated alkanes) is 11. The van der Waals surface area contributed by atoms with Gasteiger partial charge in [-0.05, 0) is 12.8 Å². The fraction of sp³-hybridized carbons (Fsp3) is 0.889. The summed E-state index contributed by atoms with van der Waals surface area (Å²) >= 11 is 0. The highest BCUT2D eigenvalue weighted by atomic mass is 16.1. The number of carbonyl (C=O) groups excluding carboxylic acids is 2. The van der Waals surface area contributed by atoms with Crippen LogP contribution in [0.15, 0.2) is 0 Å². The second kappa shape index (κ2) is 17.2. The van der Waals surface area contributed by atoms with Crippen molar-refractivity contribution in [2.24, 2.45) is 0 Å². The topological polar surface area (TPSA) is 46.2 Å². The van der Waals surface area contributed by atoms with Crippen LogP contribution in [0.25, 0.3) is 0 Å². The van der Waals surface area contributed by atoms with E-state index in [4.69, 9.17) is 0 Å². The van der Waals surface area contributed by atoms with Crippen molar-refractivity contribution in [3.63, 3.8) is 0 Å². The van der Waals surface area contributed by atoms with Crippen LogP contribution in [0.4, 0.5) is 0 Å². The molecule has 0 aliphatic carbocycles. The summed E-state index contributed by atoms with van der Waals surface area (Å²) < 4.78 is 0. The minimum Gasteiger partial charge on any atom is -0.356 e. The van der Waals surface area contributed by atoms with Crippen LogP contribution in [-0.2, 0) is 9.59 Å². The lowest BCUT2D eigenvalue weighted by Gasteiger charge is -2.04. The molecule has 0 unspecified atom stereocenters. The highest BCUT2D eigenvalue weighted by Crippen LogP contribution is 2.11. The monoisotopic (exact) mass is 297 g/mol. The molecule has 0 aromatic rings. The smallest absolute Gasteiger partial charge is 0.219 e. The minimum absolute atomic E-state index is 0.136. The van der Waals surface area contributed by atoms with Crippen molar-refractivity contribution in [2.75, 3.05) is 6.54 Å². The summed E-state index contributed by atoms with van der Waals surface area (Å²) in [7, 11) is 0. The highest BCUT2D eigenvalue weighted by Gasteiger charge is 2.00. The van der Waals surface area contributed by atoms with Crippen LogP contribution in [0.3, 0.4) is 0 Å². The molecule has 0 aliphatic heterocycles. The van der Waals surface area contributed by atoms with Crippen LogP contribution >= 0.6 is 0 Å². The van der Waals surface area contributed by atoms with Gasteiger partial charge in [-0.1, -0.05) is 71.1 Å². The molecule has 0 spiro atoms. The van der Waals surface area contributed by atoms with Crippen LogP contribution in [0.5, 0.6) is 0 Å². The molecule has 124 valence electrons. The van der Waals surface area contributed by atoms with Gasteiger partial charge in [0.2, 0.25) is 5.91 Å². The van der Waals surface area contributed by atoms with Crippen molar-refractivity contribution >= 4 is 12.2 Å². The van der Waals surface area contributed by atoms with Crippen molar-refractivity contribution in [1.82, 2.24) is 5.32 Å². The summed E-state index contributed by atoms with van der Waals surface area (Å²) in [6.07, 6.45) is 17.2. The predicted molar refractivity (Wildman–Crippen MR) is 89.4 cm³/mol. The van der Waals surface area contributed by atoms with Crippen molar-refractivity contribution in [1.29, 1.82) is 0 Å². The number of amides is 1. The van der Waals surface area contributed by atoms with E-state index in [0.717, 1.165) is 25.5 Å². The number of hydrogen-bond acceptors (Lipinski definition) is 2. The van der Waals surface area contributed by atoms with Gasteiger partial charge in [0.15, 0.2) is 0 Å². The van der Waals surface area contributed by atoms with Crippen molar-refractivity contribution in [3.8, 4) is 0 Å². The normalized spacial score (nSPS) is 10.5. The third-order valence-electron chi connectivity index (χ3n) is 3.83. The van der Waals surface area contributed by atoms with Crippen LogP contribution in [0.1, 0.15) is 96.8 Å². The Kier molecular flexibility index (Phi) is 16.5. The summed E-state index contributed by atoms with van der Waals surface area (Å²) in [4.78, 5) is 21.6. The van der Waals surface area contributed by atoms with Gasteiger partial charge in [-0.2, -0.15) is 0 Å². The van der Waals surface area contributed by atoms with Gasteiger partial charge in [-0.15, -0.1) is 0 Å². The first kappa shape index (κ1) is 20.1. The van der Waals surface area contributed by atoms with E-state index in [-0.39, 0.29) is 5.91 Å².